The number of benzene rings is 7. The molecule has 9 rings (SSSR count). The molecule has 47 heavy (non-hydrogen) atoms. The fourth-order valence-corrected chi connectivity index (χ4v) is 9.20. The molecule has 1 aliphatic carbocycles. The predicted molar refractivity (Wildman–Crippen MR) is 203 cm³/mol. The molecule has 2 unspecified atom stereocenters. The summed E-state index contributed by atoms with van der Waals surface area (Å²) < 4.78 is 0. The van der Waals surface area contributed by atoms with Gasteiger partial charge in [-0.3, -0.25) is 0 Å². The average Bonchev–Trinajstić information content (AvgIpc) is 3.48. The second-order valence-corrected chi connectivity index (χ2v) is 14.2. The predicted octanol–water partition coefficient (Wildman–Crippen LogP) is 13.0. The molecule has 224 valence electrons. The van der Waals surface area contributed by atoms with Crippen LogP contribution in [-0.4, -0.2) is 5.25 Å². The Morgan fingerprint density at radius 3 is 1.57 bits per heavy atom. The van der Waals surface area contributed by atoms with Crippen LogP contribution >= 0.6 is 11.8 Å². The lowest BCUT2D eigenvalue weighted by molar-refractivity contribution is 0.869. The zero-order valence-corrected chi connectivity index (χ0v) is 27.4. The molecule has 7 aromatic carbocycles. The number of rotatable bonds is 4. The van der Waals surface area contributed by atoms with Gasteiger partial charge in [0.2, 0.25) is 0 Å². The van der Waals surface area contributed by atoms with E-state index in [9.17, 15) is 0 Å². The summed E-state index contributed by atoms with van der Waals surface area (Å²) in [5.41, 5.74) is 14.3. The standard InChI is InChI=1S/C46H34S/c1-29-21-22-43-40(23-29)41-24-30(2)25-42(46(41)47-43)45-38-19-11-9-17-36(38)44(37-18-10-12-20-39(37)45)35-27-33(31-13-5-3-6-14-31)26-34(28-35)32-15-7-4-8-16-32/h3-28,40,43H,1-2H3. The number of aryl methyl sites for hydroxylation is 1. The topological polar surface area (TPSA) is 0 Å². The fourth-order valence-electron chi connectivity index (χ4n) is 7.78. The lowest BCUT2D eigenvalue weighted by Gasteiger charge is -2.21. The van der Waals surface area contributed by atoms with Gasteiger partial charge in [-0.05, 0) is 104 Å². The van der Waals surface area contributed by atoms with E-state index in [1.165, 1.54) is 87.6 Å². The van der Waals surface area contributed by atoms with Gasteiger partial charge in [0, 0.05) is 16.1 Å². The number of hydrogen-bond donors (Lipinski definition) is 0. The van der Waals surface area contributed by atoms with Gasteiger partial charge < -0.3 is 0 Å². The number of thioether (sulfide) groups is 1. The molecule has 0 radical (unpaired) electrons. The second kappa shape index (κ2) is 11.3. The van der Waals surface area contributed by atoms with Gasteiger partial charge in [0.05, 0.1) is 0 Å². The SMILES string of the molecule is CC1=CC2c3cc(C)cc(-c4c5ccccc5c(-c5cc(-c6ccccc6)cc(-c6ccccc6)c5)c5ccccc45)c3SC2C=C1. The first-order chi connectivity index (χ1) is 23.1. The van der Waals surface area contributed by atoms with Gasteiger partial charge in [-0.25, -0.2) is 0 Å². The largest absolute Gasteiger partial charge is 0.117 e. The molecule has 0 nitrogen and oxygen atoms in total. The Morgan fingerprint density at radius 1 is 0.489 bits per heavy atom. The van der Waals surface area contributed by atoms with Gasteiger partial charge in [-0.15, -0.1) is 11.8 Å². The van der Waals surface area contributed by atoms with Crippen molar-refractivity contribution in [2.24, 2.45) is 0 Å². The van der Waals surface area contributed by atoms with E-state index in [1.54, 1.807) is 0 Å². The molecule has 1 heteroatoms. The molecule has 2 atom stereocenters. The lowest BCUT2D eigenvalue weighted by atomic mass is 9.82. The van der Waals surface area contributed by atoms with Crippen molar-refractivity contribution >= 4 is 33.3 Å². The van der Waals surface area contributed by atoms with E-state index in [1.807, 2.05) is 11.8 Å². The van der Waals surface area contributed by atoms with Gasteiger partial charge >= 0.3 is 0 Å². The third-order valence-electron chi connectivity index (χ3n) is 9.86. The molecule has 0 N–H and O–H groups in total. The van der Waals surface area contributed by atoms with Crippen LogP contribution in [0.25, 0.3) is 66.1 Å². The van der Waals surface area contributed by atoms with Crippen LogP contribution in [0.1, 0.15) is 24.0 Å². The van der Waals surface area contributed by atoms with Crippen LogP contribution in [-0.2, 0) is 0 Å². The summed E-state index contributed by atoms with van der Waals surface area (Å²) in [6.07, 6.45) is 7.17. The molecule has 0 spiro atoms. The van der Waals surface area contributed by atoms with Crippen molar-refractivity contribution in [3.05, 3.63) is 174 Å². The van der Waals surface area contributed by atoms with Crippen LogP contribution < -0.4 is 0 Å². The highest BCUT2D eigenvalue weighted by molar-refractivity contribution is 8.00. The molecule has 0 saturated carbocycles. The third-order valence-corrected chi connectivity index (χ3v) is 11.3. The van der Waals surface area contributed by atoms with E-state index in [0.29, 0.717) is 11.2 Å². The third kappa shape index (κ3) is 4.77. The minimum atomic E-state index is 0.424. The number of hydrogen-bond acceptors (Lipinski definition) is 1. The summed E-state index contributed by atoms with van der Waals surface area (Å²) in [6.45, 7) is 4.48. The highest BCUT2D eigenvalue weighted by Crippen LogP contribution is 2.55. The molecule has 2 aliphatic rings. The molecule has 0 amide bonds. The van der Waals surface area contributed by atoms with Gasteiger partial charge in [0.1, 0.15) is 0 Å². The highest BCUT2D eigenvalue weighted by atomic mass is 32.2. The minimum absolute atomic E-state index is 0.424. The molecular weight excluding hydrogens is 585 g/mol. The van der Waals surface area contributed by atoms with Crippen molar-refractivity contribution in [1.29, 1.82) is 0 Å². The van der Waals surface area contributed by atoms with Crippen LogP contribution in [0, 0.1) is 6.92 Å². The van der Waals surface area contributed by atoms with Crippen LogP contribution in [0.15, 0.2) is 168 Å². The zero-order valence-electron chi connectivity index (χ0n) is 26.6. The van der Waals surface area contributed by atoms with Crippen molar-refractivity contribution in [2.75, 3.05) is 0 Å². The number of allylic oxidation sites excluding steroid dienone is 3. The first kappa shape index (κ1) is 28.1. The van der Waals surface area contributed by atoms with Crippen LogP contribution in [0.3, 0.4) is 0 Å². The Balaban J connectivity index is 1.35. The van der Waals surface area contributed by atoms with E-state index in [4.69, 9.17) is 0 Å². The van der Waals surface area contributed by atoms with Crippen molar-refractivity contribution in [3.63, 3.8) is 0 Å². The average molecular weight is 619 g/mol. The summed E-state index contributed by atoms with van der Waals surface area (Å²) in [7, 11) is 0. The molecule has 0 aromatic heterocycles. The summed E-state index contributed by atoms with van der Waals surface area (Å²) >= 11 is 2.04. The van der Waals surface area contributed by atoms with E-state index in [2.05, 4.69) is 172 Å². The minimum Gasteiger partial charge on any atom is -0.117 e. The Bertz CT molecular complexity index is 2280. The summed E-state index contributed by atoms with van der Waals surface area (Å²) in [4.78, 5) is 1.43. The van der Waals surface area contributed by atoms with Gasteiger partial charge in [0.25, 0.3) is 0 Å². The maximum absolute atomic E-state index is 2.47. The molecule has 1 heterocycles. The van der Waals surface area contributed by atoms with Crippen molar-refractivity contribution in [3.8, 4) is 44.5 Å². The summed E-state index contributed by atoms with van der Waals surface area (Å²) in [6, 6.07) is 51.7. The Morgan fingerprint density at radius 2 is 1.00 bits per heavy atom. The number of fused-ring (bicyclic) bond motifs is 5. The monoisotopic (exact) mass is 618 g/mol. The smallest absolute Gasteiger partial charge is 0.0381 e. The van der Waals surface area contributed by atoms with Crippen LogP contribution in [0.2, 0.25) is 0 Å². The molecule has 0 fully saturated rings. The quantitative estimate of drug-likeness (QED) is 0.177. The summed E-state index contributed by atoms with van der Waals surface area (Å²) in [5, 5.41) is 5.63. The van der Waals surface area contributed by atoms with E-state index in [-0.39, 0.29) is 0 Å². The lowest BCUT2D eigenvalue weighted by Crippen LogP contribution is -2.08. The first-order valence-electron chi connectivity index (χ1n) is 16.5. The van der Waals surface area contributed by atoms with Crippen LogP contribution in [0.4, 0.5) is 0 Å². The first-order valence-corrected chi connectivity index (χ1v) is 17.4. The van der Waals surface area contributed by atoms with Gasteiger partial charge in [-0.2, -0.15) is 0 Å². The fraction of sp³-hybridized carbons (Fsp3) is 0.0870. The van der Waals surface area contributed by atoms with E-state index < -0.39 is 0 Å². The molecule has 7 aromatic rings. The van der Waals surface area contributed by atoms with Crippen molar-refractivity contribution in [2.45, 2.75) is 29.9 Å². The van der Waals surface area contributed by atoms with Gasteiger partial charge in [-0.1, -0.05) is 151 Å². The second-order valence-electron chi connectivity index (χ2n) is 13.0. The van der Waals surface area contributed by atoms with Crippen molar-refractivity contribution < 1.29 is 0 Å². The Kier molecular flexibility index (Phi) is 6.76. The summed E-state index contributed by atoms with van der Waals surface area (Å²) in [5.74, 6) is 0.424. The van der Waals surface area contributed by atoms with E-state index in [0.717, 1.165) is 0 Å². The van der Waals surface area contributed by atoms with Crippen LogP contribution in [0.5, 0.6) is 0 Å². The highest BCUT2D eigenvalue weighted by Gasteiger charge is 2.34. The van der Waals surface area contributed by atoms with Gasteiger partial charge in [0.15, 0.2) is 0 Å². The maximum Gasteiger partial charge on any atom is 0.0381 e. The van der Waals surface area contributed by atoms with E-state index >= 15 is 0 Å². The molecule has 0 saturated heterocycles. The Labute approximate surface area is 281 Å². The molecule has 1 aliphatic heterocycles. The van der Waals surface area contributed by atoms with Crippen molar-refractivity contribution in [1.82, 2.24) is 0 Å². The Hall–Kier alpha value is -5.11. The zero-order chi connectivity index (χ0) is 31.5. The normalized spacial score (nSPS) is 16.7. The maximum atomic E-state index is 2.47. The molecule has 0 bridgehead atoms. The molecular formula is C46H34S.